The highest BCUT2D eigenvalue weighted by Crippen LogP contribution is 2.31. The molecule has 4 aromatic carbocycles. The summed E-state index contributed by atoms with van der Waals surface area (Å²) < 4.78 is 33.3. The van der Waals surface area contributed by atoms with E-state index in [1.807, 2.05) is 72.8 Å². The first-order valence-electron chi connectivity index (χ1n) is 16.5. The zero-order valence-electron chi connectivity index (χ0n) is 26.8. The van der Waals surface area contributed by atoms with Crippen molar-refractivity contribution in [1.82, 2.24) is 0 Å². The van der Waals surface area contributed by atoms with Gasteiger partial charge < -0.3 is 23.7 Å². The highest BCUT2D eigenvalue weighted by atomic mass is 16.6. The van der Waals surface area contributed by atoms with Crippen molar-refractivity contribution >= 4 is 0 Å². The van der Waals surface area contributed by atoms with Gasteiger partial charge in [0.1, 0.15) is 30.5 Å². The van der Waals surface area contributed by atoms with E-state index in [2.05, 4.69) is 67.3 Å². The Hall–Kier alpha value is -3.76. The van der Waals surface area contributed by atoms with Gasteiger partial charge in [-0.3, -0.25) is 0 Å². The monoisotopic (exact) mass is 618 g/mol. The zero-order chi connectivity index (χ0) is 31.7. The summed E-state index contributed by atoms with van der Waals surface area (Å²) in [5, 5.41) is 0. The first-order chi connectivity index (χ1) is 22.8. The van der Waals surface area contributed by atoms with Gasteiger partial charge in [0.05, 0.1) is 33.0 Å². The van der Waals surface area contributed by atoms with Gasteiger partial charge >= 0.3 is 0 Å². The Morgan fingerprint density at radius 1 is 0.543 bits per heavy atom. The Morgan fingerprint density at radius 2 is 1.00 bits per heavy atom. The second-order valence-electron chi connectivity index (χ2n) is 11.7. The Bertz CT molecular complexity index is 1440. The summed E-state index contributed by atoms with van der Waals surface area (Å²) in [4.78, 5) is 0. The molecule has 5 atom stereocenters. The van der Waals surface area contributed by atoms with E-state index in [1.165, 1.54) is 0 Å². The van der Waals surface area contributed by atoms with Crippen molar-refractivity contribution in [2.45, 2.75) is 89.6 Å². The molecule has 5 rings (SSSR count). The number of hydrogen-bond acceptors (Lipinski definition) is 5. The van der Waals surface area contributed by atoms with Gasteiger partial charge in [0, 0.05) is 6.42 Å². The van der Waals surface area contributed by atoms with Crippen molar-refractivity contribution in [2.24, 2.45) is 0 Å². The summed E-state index contributed by atoms with van der Waals surface area (Å²) in [7, 11) is 0. The molecular weight excluding hydrogens is 572 g/mol. The average molecular weight is 619 g/mol. The lowest BCUT2D eigenvalue weighted by atomic mass is 9.94. The molecule has 0 spiro atoms. The second kappa shape index (κ2) is 19.0. The van der Waals surface area contributed by atoms with Crippen LogP contribution in [0.1, 0.15) is 54.9 Å². The Labute approximate surface area is 274 Å². The molecule has 1 heterocycles. The fourth-order valence-electron chi connectivity index (χ4n) is 5.54. The number of unbranched alkanes of at least 4 members (excludes halogenated alkanes) is 3. The maximum Gasteiger partial charge on any atom is 0.147 e. The Balaban J connectivity index is 1.43. The highest BCUT2D eigenvalue weighted by molar-refractivity contribution is 5.18. The van der Waals surface area contributed by atoms with E-state index in [1.54, 1.807) is 0 Å². The third-order valence-corrected chi connectivity index (χ3v) is 8.03. The van der Waals surface area contributed by atoms with Gasteiger partial charge in [-0.15, -0.1) is 5.92 Å². The number of rotatable bonds is 16. The summed E-state index contributed by atoms with van der Waals surface area (Å²) in [6.45, 7) is 4.25. The maximum absolute atomic E-state index is 6.79. The van der Waals surface area contributed by atoms with Crippen molar-refractivity contribution in [1.29, 1.82) is 0 Å². The minimum absolute atomic E-state index is 0.332. The molecule has 0 bridgehead atoms. The number of benzene rings is 4. The summed E-state index contributed by atoms with van der Waals surface area (Å²) in [5.74, 6) is 6.83. The van der Waals surface area contributed by atoms with E-state index in [-0.39, 0.29) is 0 Å². The first-order valence-corrected chi connectivity index (χ1v) is 16.5. The molecule has 0 radical (unpaired) electrons. The van der Waals surface area contributed by atoms with E-state index < -0.39 is 30.5 Å². The van der Waals surface area contributed by atoms with E-state index in [4.69, 9.17) is 23.7 Å². The lowest BCUT2D eigenvalue weighted by Gasteiger charge is -2.45. The van der Waals surface area contributed by atoms with Crippen LogP contribution in [0.5, 0.6) is 0 Å². The van der Waals surface area contributed by atoms with Crippen LogP contribution >= 0.6 is 0 Å². The summed E-state index contributed by atoms with van der Waals surface area (Å²) in [6.07, 6.45) is 1.87. The fourth-order valence-corrected chi connectivity index (χ4v) is 5.54. The van der Waals surface area contributed by atoms with Gasteiger partial charge in [-0.05, 0) is 28.7 Å². The molecule has 0 amide bonds. The maximum atomic E-state index is 6.79. The van der Waals surface area contributed by atoms with Crippen LogP contribution in [0.2, 0.25) is 0 Å². The minimum atomic E-state index is -0.506. The quantitative estimate of drug-likeness (QED) is 0.0934. The van der Waals surface area contributed by atoms with E-state index in [0.29, 0.717) is 33.0 Å². The topological polar surface area (TPSA) is 46.2 Å². The summed E-state index contributed by atoms with van der Waals surface area (Å²) in [6, 6.07) is 40.8. The smallest absolute Gasteiger partial charge is 0.147 e. The van der Waals surface area contributed by atoms with Crippen molar-refractivity contribution < 1.29 is 23.7 Å². The van der Waals surface area contributed by atoms with Crippen LogP contribution in [0.25, 0.3) is 0 Å². The first kappa shape index (κ1) is 33.6. The molecule has 1 fully saturated rings. The second-order valence-corrected chi connectivity index (χ2v) is 11.7. The molecule has 0 aromatic heterocycles. The van der Waals surface area contributed by atoms with Gasteiger partial charge in [0.15, 0.2) is 0 Å². The highest BCUT2D eigenvalue weighted by Gasteiger charge is 2.48. The Morgan fingerprint density at radius 3 is 1.50 bits per heavy atom. The third-order valence-electron chi connectivity index (χ3n) is 8.03. The van der Waals surface area contributed by atoms with E-state index in [9.17, 15) is 0 Å². The molecule has 46 heavy (non-hydrogen) atoms. The predicted molar refractivity (Wildman–Crippen MR) is 182 cm³/mol. The Kier molecular flexibility index (Phi) is 13.9. The lowest BCUT2D eigenvalue weighted by molar-refractivity contribution is -0.261. The fraction of sp³-hybridized carbons (Fsp3) is 0.366. The summed E-state index contributed by atoms with van der Waals surface area (Å²) in [5.41, 5.74) is 4.34. The van der Waals surface area contributed by atoms with Crippen LogP contribution < -0.4 is 0 Å². The van der Waals surface area contributed by atoms with Crippen molar-refractivity contribution in [3.8, 4) is 11.8 Å². The van der Waals surface area contributed by atoms with Crippen molar-refractivity contribution in [3.05, 3.63) is 144 Å². The van der Waals surface area contributed by atoms with Crippen LogP contribution in [0.3, 0.4) is 0 Å². The van der Waals surface area contributed by atoms with Crippen molar-refractivity contribution in [3.63, 3.8) is 0 Å². The molecule has 1 aliphatic rings. The van der Waals surface area contributed by atoms with Crippen molar-refractivity contribution in [2.75, 3.05) is 6.61 Å². The molecule has 240 valence electrons. The molecule has 0 N–H and O–H groups in total. The SMILES string of the molecule is CCCCCC#C[C@@H]1O[C@H](COCc2ccccc2)[C@@H](OCc2ccccc2)[C@H](OCc2ccccc2)[C@H]1OCc1ccccc1. The average Bonchev–Trinajstić information content (AvgIpc) is 3.11. The molecule has 5 nitrogen and oxygen atoms in total. The molecule has 5 heteroatoms. The van der Waals surface area contributed by atoms with Crippen LogP contribution in [0.4, 0.5) is 0 Å². The van der Waals surface area contributed by atoms with Crippen LogP contribution in [-0.4, -0.2) is 37.1 Å². The minimum Gasteiger partial charge on any atom is -0.374 e. The van der Waals surface area contributed by atoms with Crippen LogP contribution in [-0.2, 0) is 50.1 Å². The molecule has 4 aromatic rings. The predicted octanol–water partition coefficient (Wildman–Crippen LogP) is 8.31. The van der Waals surface area contributed by atoms with Gasteiger partial charge in [-0.1, -0.05) is 147 Å². The number of ether oxygens (including phenoxy) is 5. The molecule has 1 saturated heterocycles. The zero-order valence-corrected chi connectivity index (χ0v) is 26.8. The molecular formula is C41H46O5. The normalized spacial score (nSPS) is 20.9. The van der Waals surface area contributed by atoms with E-state index in [0.717, 1.165) is 47.9 Å². The lowest BCUT2D eigenvalue weighted by Crippen LogP contribution is -2.60. The standard InChI is InChI=1S/C41H46O5/c1-2-3-4-5-18-27-37-39(43-29-34-21-12-7-13-22-34)41(45-31-36-25-16-9-17-26-36)40(44-30-35-23-14-8-15-24-35)38(46-37)32-42-28-33-19-10-6-11-20-33/h6-17,19-26,37-41H,2-5,28-32H2,1H3/t37-,38+,39-,40+,41+/m0/s1. The van der Waals surface area contributed by atoms with E-state index >= 15 is 0 Å². The largest absolute Gasteiger partial charge is 0.374 e. The third kappa shape index (κ3) is 10.7. The van der Waals surface area contributed by atoms with Gasteiger partial charge in [0.2, 0.25) is 0 Å². The van der Waals surface area contributed by atoms with Gasteiger partial charge in [0.25, 0.3) is 0 Å². The molecule has 1 aliphatic heterocycles. The van der Waals surface area contributed by atoms with Crippen LogP contribution in [0.15, 0.2) is 121 Å². The van der Waals surface area contributed by atoms with Gasteiger partial charge in [-0.25, -0.2) is 0 Å². The molecule has 0 unspecified atom stereocenters. The molecule has 0 saturated carbocycles. The van der Waals surface area contributed by atoms with Gasteiger partial charge in [-0.2, -0.15) is 0 Å². The van der Waals surface area contributed by atoms with Crippen LogP contribution in [0, 0.1) is 11.8 Å². The summed E-state index contributed by atoms with van der Waals surface area (Å²) >= 11 is 0. The number of hydrogen-bond donors (Lipinski definition) is 0. The molecule has 0 aliphatic carbocycles.